The molecule has 6 nitrogen and oxygen atoms in total. The zero-order valence-corrected chi connectivity index (χ0v) is 16.1. The standard InChI is InChI=1S/C23H19FN4O2/c24-19-9-8-17(26-23(29)28-10-4-5-11-28)13-18(19)22-27-21-20(30-22)12-16(14-25-21)15-6-2-1-3-7-15/h1-3,6-9,12-14H,4-5,10-11H2,(H,26,29). The van der Waals surface area contributed by atoms with Crippen LogP contribution in [0.1, 0.15) is 12.8 Å². The van der Waals surface area contributed by atoms with E-state index in [0.29, 0.717) is 16.9 Å². The zero-order valence-electron chi connectivity index (χ0n) is 16.1. The van der Waals surface area contributed by atoms with Gasteiger partial charge in [-0.3, -0.25) is 0 Å². The maximum Gasteiger partial charge on any atom is 0.321 e. The molecule has 1 aliphatic rings. The normalized spacial score (nSPS) is 13.7. The van der Waals surface area contributed by atoms with E-state index in [9.17, 15) is 9.18 Å². The van der Waals surface area contributed by atoms with Gasteiger partial charge in [0.2, 0.25) is 5.89 Å². The average molecular weight is 402 g/mol. The van der Waals surface area contributed by atoms with Crippen LogP contribution in [-0.2, 0) is 0 Å². The van der Waals surface area contributed by atoms with Gasteiger partial charge in [-0.05, 0) is 42.7 Å². The third-order valence-corrected chi connectivity index (χ3v) is 5.20. The van der Waals surface area contributed by atoms with Crippen molar-refractivity contribution in [3.63, 3.8) is 0 Å². The molecule has 2 amide bonds. The van der Waals surface area contributed by atoms with E-state index < -0.39 is 5.82 Å². The third-order valence-electron chi connectivity index (χ3n) is 5.20. The van der Waals surface area contributed by atoms with Gasteiger partial charge in [0.15, 0.2) is 11.2 Å². The quantitative estimate of drug-likeness (QED) is 0.503. The largest absolute Gasteiger partial charge is 0.434 e. The first-order valence-electron chi connectivity index (χ1n) is 9.85. The van der Waals surface area contributed by atoms with Gasteiger partial charge in [0.25, 0.3) is 0 Å². The Morgan fingerprint density at radius 2 is 1.83 bits per heavy atom. The molecule has 0 aliphatic carbocycles. The number of hydrogen-bond donors (Lipinski definition) is 1. The lowest BCUT2D eigenvalue weighted by Gasteiger charge is -2.16. The Hall–Kier alpha value is -3.74. The molecule has 0 spiro atoms. The second kappa shape index (κ2) is 7.59. The van der Waals surface area contributed by atoms with Crippen molar-refractivity contribution in [2.75, 3.05) is 18.4 Å². The van der Waals surface area contributed by atoms with Crippen LogP contribution in [0.15, 0.2) is 65.2 Å². The lowest BCUT2D eigenvalue weighted by Crippen LogP contribution is -2.32. The number of urea groups is 1. The SMILES string of the molecule is O=C(Nc1ccc(F)c(-c2nc3ncc(-c4ccccc4)cc3o2)c1)N1CCCC1. The summed E-state index contributed by atoms with van der Waals surface area (Å²) in [5.41, 5.74) is 3.42. The molecule has 3 heterocycles. The molecule has 0 unspecified atom stereocenters. The van der Waals surface area contributed by atoms with Crippen LogP contribution in [0.25, 0.3) is 33.8 Å². The Balaban J connectivity index is 1.46. The van der Waals surface area contributed by atoms with Crippen molar-refractivity contribution < 1.29 is 13.6 Å². The summed E-state index contributed by atoms with van der Waals surface area (Å²) in [5.74, 6) is -0.360. The van der Waals surface area contributed by atoms with E-state index >= 15 is 0 Å². The highest BCUT2D eigenvalue weighted by atomic mass is 19.1. The van der Waals surface area contributed by atoms with Gasteiger partial charge in [-0.15, -0.1) is 0 Å². The fourth-order valence-electron chi connectivity index (χ4n) is 3.61. The summed E-state index contributed by atoms with van der Waals surface area (Å²) in [4.78, 5) is 22.8. The minimum Gasteiger partial charge on any atom is -0.434 e. The fourth-order valence-corrected chi connectivity index (χ4v) is 3.61. The van der Waals surface area contributed by atoms with Crippen molar-refractivity contribution >= 4 is 22.9 Å². The van der Waals surface area contributed by atoms with Crippen molar-refractivity contribution in [1.29, 1.82) is 0 Å². The molecule has 0 bridgehead atoms. The van der Waals surface area contributed by atoms with Crippen molar-refractivity contribution in [2.45, 2.75) is 12.8 Å². The van der Waals surface area contributed by atoms with Gasteiger partial charge in [-0.25, -0.2) is 14.2 Å². The van der Waals surface area contributed by atoms with Crippen LogP contribution in [0, 0.1) is 5.82 Å². The molecular formula is C23H19FN4O2. The first-order valence-corrected chi connectivity index (χ1v) is 9.85. The highest BCUT2D eigenvalue weighted by molar-refractivity contribution is 5.90. The van der Waals surface area contributed by atoms with E-state index in [4.69, 9.17) is 4.42 Å². The highest BCUT2D eigenvalue weighted by Gasteiger charge is 2.19. The smallest absolute Gasteiger partial charge is 0.321 e. The molecular weight excluding hydrogens is 383 g/mol. The van der Waals surface area contributed by atoms with E-state index in [1.807, 2.05) is 36.4 Å². The molecule has 5 rings (SSSR count). The van der Waals surface area contributed by atoms with Gasteiger partial charge in [-0.1, -0.05) is 30.3 Å². The summed E-state index contributed by atoms with van der Waals surface area (Å²) in [7, 11) is 0. The molecule has 0 saturated carbocycles. The predicted molar refractivity (Wildman–Crippen MR) is 112 cm³/mol. The first kappa shape index (κ1) is 18.3. The molecule has 7 heteroatoms. The molecule has 1 N–H and O–H groups in total. The average Bonchev–Trinajstić information content (AvgIpc) is 3.45. The Labute approximate surface area is 172 Å². The molecule has 150 valence electrons. The number of nitrogens with one attached hydrogen (secondary N) is 1. The molecule has 1 aliphatic heterocycles. The van der Waals surface area contributed by atoms with Gasteiger partial charge in [0.1, 0.15) is 5.82 Å². The molecule has 4 aromatic rings. The molecule has 2 aromatic heterocycles. The van der Waals surface area contributed by atoms with Crippen molar-refractivity contribution in [2.24, 2.45) is 0 Å². The predicted octanol–water partition coefficient (Wildman–Crippen LogP) is 5.32. The number of carbonyl (C=O) groups excluding carboxylic acids is 1. The summed E-state index contributed by atoms with van der Waals surface area (Å²) in [5, 5.41) is 2.82. The Bertz CT molecular complexity index is 1220. The Morgan fingerprint density at radius 3 is 2.63 bits per heavy atom. The lowest BCUT2D eigenvalue weighted by molar-refractivity contribution is 0.222. The van der Waals surface area contributed by atoms with Gasteiger partial charge < -0.3 is 14.6 Å². The van der Waals surface area contributed by atoms with E-state index in [1.54, 1.807) is 11.1 Å². The number of halogens is 1. The highest BCUT2D eigenvalue weighted by Crippen LogP contribution is 2.30. The number of fused-ring (bicyclic) bond motifs is 1. The minimum atomic E-state index is -0.482. The van der Waals surface area contributed by atoms with Crippen molar-refractivity contribution in [1.82, 2.24) is 14.9 Å². The number of oxazole rings is 1. The van der Waals surface area contributed by atoms with Gasteiger partial charge in [-0.2, -0.15) is 4.98 Å². The van der Waals surface area contributed by atoms with Crippen LogP contribution in [0.4, 0.5) is 14.9 Å². The summed E-state index contributed by atoms with van der Waals surface area (Å²) < 4.78 is 20.3. The Morgan fingerprint density at radius 1 is 1.03 bits per heavy atom. The van der Waals surface area contributed by atoms with Gasteiger partial charge >= 0.3 is 6.03 Å². The van der Waals surface area contributed by atoms with E-state index in [2.05, 4.69) is 15.3 Å². The minimum absolute atomic E-state index is 0.123. The topological polar surface area (TPSA) is 71.3 Å². The molecule has 0 atom stereocenters. The van der Waals surface area contributed by atoms with E-state index in [0.717, 1.165) is 37.1 Å². The number of amides is 2. The van der Waals surface area contributed by atoms with Crippen LogP contribution in [0.5, 0.6) is 0 Å². The molecule has 1 fully saturated rings. The number of carbonyl (C=O) groups is 1. The van der Waals surface area contributed by atoms with Crippen LogP contribution < -0.4 is 5.32 Å². The second-order valence-corrected chi connectivity index (χ2v) is 7.25. The number of anilines is 1. The maximum atomic E-state index is 14.5. The van der Waals surface area contributed by atoms with Crippen LogP contribution in [0.2, 0.25) is 0 Å². The van der Waals surface area contributed by atoms with Crippen molar-refractivity contribution in [3.05, 3.63) is 66.6 Å². The van der Waals surface area contributed by atoms with E-state index in [1.165, 1.54) is 18.2 Å². The summed E-state index contributed by atoms with van der Waals surface area (Å²) in [6, 6.07) is 15.8. The maximum absolute atomic E-state index is 14.5. The van der Waals surface area contributed by atoms with Crippen LogP contribution >= 0.6 is 0 Å². The van der Waals surface area contributed by atoms with Gasteiger partial charge in [0.05, 0.1) is 5.56 Å². The lowest BCUT2D eigenvalue weighted by atomic mass is 10.1. The second-order valence-electron chi connectivity index (χ2n) is 7.25. The number of rotatable bonds is 3. The molecule has 2 aromatic carbocycles. The first-order chi connectivity index (χ1) is 14.7. The van der Waals surface area contributed by atoms with Crippen LogP contribution in [0.3, 0.4) is 0 Å². The number of pyridine rings is 1. The fraction of sp³-hybridized carbons (Fsp3) is 0.174. The monoisotopic (exact) mass is 402 g/mol. The third kappa shape index (κ3) is 3.50. The zero-order chi connectivity index (χ0) is 20.5. The summed E-state index contributed by atoms with van der Waals surface area (Å²) >= 11 is 0. The Kier molecular flexibility index (Phi) is 4.63. The number of aromatic nitrogens is 2. The molecule has 1 saturated heterocycles. The molecule has 30 heavy (non-hydrogen) atoms. The van der Waals surface area contributed by atoms with Crippen LogP contribution in [-0.4, -0.2) is 34.0 Å². The summed E-state index contributed by atoms with van der Waals surface area (Å²) in [6.07, 6.45) is 3.72. The molecule has 0 radical (unpaired) electrons. The number of hydrogen-bond acceptors (Lipinski definition) is 4. The number of benzene rings is 2. The van der Waals surface area contributed by atoms with Crippen molar-refractivity contribution in [3.8, 4) is 22.6 Å². The number of nitrogens with zero attached hydrogens (tertiary/aromatic N) is 3. The number of likely N-dealkylation sites (tertiary alicyclic amines) is 1. The summed E-state index contributed by atoms with van der Waals surface area (Å²) in [6.45, 7) is 1.47. The van der Waals surface area contributed by atoms with Gasteiger partial charge in [0, 0.05) is 30.5 Å². The van der Waals surface area contributed by atoms with E-state index in [-0.39, 0.29) is 17.5 Å².